The second-order valence-electron chi connectivity index (χ2n) is 4.52. The minimum atomic E-state index is -0.830. The van der Waals surface area contributed by atoms with E-state index >= 15 is 0 Å². The summed E-state index contributed by atoms with van der Waals surface area (Å²) in [5.74, 6) is 0. The number of urea groups is 1. The maximum absolute atomic E-state index is 11.9. The van der Waals surface area contributed by atoms with Crippen LogP contribution in [0.1, 0.15) is 6.92 Å². The van der Waals surface area contributed by atoms with E-state index in [1.54, 1.807) is 6.92 Å². The third-order valence-electron chi connectivity index (χ3n) is 3.31. The minimum absolute atomic E-state index is 0.258. The number of aliphatic hydroxyl groups excluding tert-OH is 1. The largest absolute Gasteiger partial charge is 0.371 e. The molecule has 1 heterocycles. The van der Waals surface area contributed by atoms with Gasteiger partial charge in [-0.15, -0.1) is 0 Å². The normalized spacial score (nSPS) is 23.4. The summed E-state index contributed by atoms with van der Waals surface area (Å²) in [6.45, 7) is 1.79. The van der Waals surface area contributed by atoms with E-state index in [-0.39, 0.29) is 12.1 Å². The van der Waals surface area contributed by atoms with Crippen LogP contribution in [0.3, 0.4) is 0 Å². The van der Waals surface area contributed by atoms with Crippen LogP contribution in [0.15, 0.2) is 42.5 Å². The Morgan fingerprint density at radius 2 is 1.89 bits per heavy atom. The smallest absolute Gasteiger partial charge is 0.324 e. The number of hydrogen-bond acceptors (Lipinski definition) is 2. The Kier molecular flexibility index (Phi) is 2.45. The number of nitrogens with zero attached hydrogens (tertiary/aromatic N) is 1. The maximum atomic E-state index is 11.9. The van der Waals surface area contributed by atoms with Crippen LogP contribution in [-0.4, -0.2) is 23.4 Å². The number of rotatable bonds is 1. The molecule has 2 aromatic carbocycles. The Balaban J connectivity index is 2.17. The van der Waals surface area contributed by atoms with Gasteiger partial charge in [0.25, 0.3) is 0 Å². The summed E-state index contributed by atoms with van der Waals surface area (Å²) in [5, 5.41) is 14.8. The monoisotopic (exact) mass is 242 g/mol. The number of fused-ring (bicyclic) bond motifs is 1. The number of nitrogens with one attached hydrogen (secondary N) is 1. The molecule has 2 aromatic rings. The van der Waals surface area contributed by atoms with Gasteiger partial charge in [-0.2, -0.15) is 0 Å². The Morgan fingerprint density at radius 1 is 1.17 bits per heavy atom. The first kappa shape index (κ1) is 11.0. The molecule has 18 heavy (non-hydrogen) atoms. The van der Waals surface area contributed by atoms with Gasteiger partial charge in [0, 0.05) is 5.39 Å². The van der Waals surface area contributed by atoms with Gasteiger partial charge in [-0.1, -0.05) is 36.4 Å². The predicted octanol–water partition coefficient (Wildman–Crippen LogP) is 2.08. The summed E-state index contributed by atoms with van der Waals surface area (Å²) in [5.41, 5.74) is 0.738. The number of aliphatic hydroxyl groups is 1. The Labute approximate surface area is 105 Å². The molecule has 0 aliphatic carbocycles. The van der Waals surface area contributed by atoms with Crippen molar-refractivity contribution in [2.24, 2.45) is 0 Å². The molecule has 0 aromatic heterocycles. The lowest BCUT2D eigenvalue weighted by Gasteiger charge is -2.21. The fraction of sp³-hybridized carbons (Fsp3) is 0.214. The van der Waals surface area contributed by atoms with Gasteiger partial charge in [-0.05, 0) is 18.4 Å². The molecular weight excluding hydrogens is 228 g/mol. The van der Waals surface area contributed by atoms with Crippen LogP contribution in [0.25, 0.3) is 10.8 Å². The van der Waals surface area contributed by atoms with Crippen molar-refractivity contribution in [3.63, 3.8) is 0 Å². The molecule has 0 spiro atoms. The van der Waals surface area contributed by atoms with Crippen LogP contribution in [-0.2, 0) is 0 Å². The van der Waals surface area contributed by atoms with Crippen molar-refractivity contribution in [2.45, 2.75) is 19.2 Å². The highest BCUT2D eigenvalue weighted by Gasteiger charge is 2.36. The Bertz CT molecular complexity index is 606. The first-order valence-electron chi connectivity index (χ1n) is 5.94. The fourth-order valence-electron chi connectivity index (χ4n) is 2.35. The van der Waals surface area contributed by atoms with Gasteiger partial charge >= 0.3 is 6.03 Å². The first-order chi connectivity index (χ1) is 8.68. The highest BCUT2D eigenvalue weighted by Crippen LogP contribution is 2.30. The van der Waals surface area contributed by atoms with Gasteiger partial charge in [-0.25, -0.2) is 4.79 Å². The van der Waals surface area contributed by atoms with E-state index in [0.717, 1.165) is 16.5 Å². The van der Waals surface area contributed by atoms with Gasteiger partial charge < -0.3 is 10.4 Å². The molecule has 1 aliphatic heterocycles. The molecule has 4 heteroatoms. The Morgan fingerprint density at radius 3 is 2.61 bits per heavy atom. The van der Waals surface area contributed by atoms with Crippen molar-refractivity contribution in [1.29, 1.82) is 0 Å². The molecule has 0 bridgehead atoms. The minimum Gasteiger partial charge on any atom is -0.371 e. The molecule has 2 amide bonds. The zero-order valence-corrected chi connectivity index (χ0v) is 10.00. The molecule has 1 fully saturated rings. The Hall–Kier alpha value is -2.07. The fourth-order valence-corrected chi connectivity index (χ4v) is 2.35. The standard InChI is InChI=1S/C14H14N2O2/c1-9-13(17)16(14(18)15-9)12-8-4-6-10-5-2-3-7-11(10)12/h2-9,13,17H,1H3,(H,15,18)/t9-,13-/m1/s1. The summed E-state index contributed by atoms with van der Waals surface area (Å²) in [7, 11) is 0. The number of carbonyl (C=O) groups excluding carboxylic acids is 1. The van der Waals surface area contributed by atoms with Crippen molar-refractivity contribution >= 4 is 22.5 Å². The van der Waals surface area contributed by atoms with E-state index in [9.17, 15) is 9.90 Å². The highest BCUT2D eigenvalue weighted by atomic mass is 16.3. The maximum Gasteiger partial charge on any atom is 0.324 e. The van der Waals surface area contributed by atoms with Gasteiger partial charge in [0.1, 0.15) is 0 Å². The second-order valence-corrected chi connectivity index (χ2v) is 4.52. The lowest BCUT2D eigenvalue weighted by atomic mass is 10.1. The lowest BCUT2D eigenvalue weighted by Crippen LogP contribution is -2.35. The van der Waals surface area contributed by atoms with E-state index in [1.165, 1.54) is 4.90 Å². The van der Waals surface area contributed by atoms with Crippen LogP contribution in [0.5, 0.6) is 0 Å². The average Bonchev–Trinajstić information content (AvgIpc) is 2.63. The molecule has 3 rings (SSSR count). The second kappa shape index (κ2) is 3.99. The molecule has 4 nitrogen and oxygen atoms in total. The van der Waals surface area contributed by atoms with E-state index < -0.39 is 6.23 Å². The van der Waals surface area contributed by atoms with Crippen LogP contribution in [0.4, 0.5) is 10.5 Å². The zero-order valence-electron chi connectivity index (χ0n) is 10.00. The molecule has 0 radical (unpaired) electrons. The highest BCUT2D eigenvalue weighted by molar-refractivity contribution is 6.04. The lowest BCUT2D eigenvalue weighted by molar-refractivity contribution is 0.167. The number of carbonyl (C=O) groups is 1. The van der Waals surface area contributed by atoms with Crippen LogP contribution in [0, 0.1) is 0 Å². The van der Waals surface area contributed by atoms with Crippen LogP contribution < -0.4 is 10.2 Å². The molecular formula is C14H14N2O2. The SMILES string of the molecule is C[C@H]1NC(=O)N(c2cccc3ccccc23)[C@@H]1O. The molecule has 0 unspecified atom stereocenters. The molecule has 1 aliphatic rings. The summed E-state index contributed by atoms with van der Waals surface area (Å²) in [6.07, 6.45) is -0.830. The van der Waals surface area contributed by atoms with E-state index in [0.29, 0.717) is 0 Å². The quantitative estimate of drug-likeness (QED) is 0.804. The molecule has 0 saturated carbocycles. The van der Waals surface area contributed by atoms with Crippen molar-refractivity contribution in [2.75, 3.05) is 4.90 Å². The third-order valence-corrected chi connectivity index (χ3v) is 3.31. The van der Waals surface area contributed by atoms with E-state index in [4.69, 9.17) is 0 Å². The van der Waals surface area contributed by atoms with Gasteiger partial charge in [0.2, 0.25) is 0 Å². The van der Waals surface area contributed by atoms with E-state index in [2.05, 4.69) is 5.32 Å². The molecule has 2 N–H and O–H groups in total. The van der Waals surface area contributed by atoms with Crippen molar-refractivity contribution < 1.29 is 9.90 Å². The number of benzene rings is 2. The summed E-state index contributed by atoms with van der Waals surface area (Å²) in [4.78, 5) is 13.3. The molecule has 2 atom stereocenters. The van der Waals surface area contributed by atoms with Crippen molar-refractivity contribution in [3.05, 3.63) is 42.5 Å². The van der Waals surface area contributed by atoms with Gasteiger partial charge in [0.15, 0.2) is 6.23 Å². The number of amides is 2. The summed E-state index contributed by atoms with van der Waals surface area (Å²) in [6, 6.07) is 13.0. The zero-order chi connectivity index (χ0) is 12.7. The van der Waals surface area contributed by atoms with E-state index in [1.807, 2.05) is 42.5 Å². The first-order valence-corrected chi connectivity index (χ1v) is 5.94. The van der Waals surface area contributed by atoms with Gasteiger partial charge in [-0.3, -0.25) is 4.90 Å². The van der Waals surface area contributed by atoms with Crippen molar-refractivity contribution in [1.82, 2.24) is 5.32 Å². The van der Waals surface area contributed by atoms with Crippen LogP contribution in [0.2, 0.25) is 0 Å². The third kappa shape index (κ3) is 1.54. The number of anilines is 1. The molecule has 1 saturated heterocycles. The molecule has 92 valence electrons. The summed E-state index contributed by atoms with van der Waals surface area (Å²) >= 11 is 0. The average molecular weight is 242 g/mol. The van der Waals surface area contributed by atoms with Gasteiger partial charge in [0.05, 0.1) is 11.7 Å². The predicted molar refractivity (Wildman–Crippen MR) is 70.4 cm³/mol. The van der Waals surface area contributed by atoms with Crippen LogP contribution >= 0.6 is 0 Å². The summed E-state index contributed by atoms with van der Waals surface area (Å²) < 4.78 is 0. The van der Waals surface area contributed by atoms with Crippen molar-refractivity contribution in [3.8, 4) is 0 Å². The topological polar surface area (TPSA) is 52.6 Å². The number of hydrogen-bond donors (Lipinski definition) is 2.